The zero-order chi connectivity index (χ0) is 32.7. The van der Waals surface area contributed by atoms with Gasteiger partial charge in [-0.3, -0.25) is 4.98 Å². The Morgan fingerprint density at radius 2 is 1.22 bits per heavy atom. The summed E-state index contributed by atoms with van der Waals surface area (Å²) in [5, 5.41) is 1.13. The molecule has 0 spiro atoms. The van der Waals surface area contributed by atoms with Crippen molar-refractivity contribution in [2.24, 2.45) is 0 Å². The summed E-state index contributed by atoms with van der Waals surface area (Å²) in [4.78, 5) is 13.8. The molecular formula is C45H33IrN3-2. The van der Waals surface area contributed by atoms with Crippen molar-refractivity contribution in [2.75, 3.05) is 0 Å². The van der Waals surface area contributed by atoms with Crippen molar-refractivity contribution in [3.63, 3.8) is 0 Å². The number of aryl methyl sites for hydroxylation is 2. The van der Waals surface area contributed by atoms with Gasteiger partial charge in [0.1, 0.15) is 0 Å². The van der Waals surface area contributed by atoms with E-state index in [9.17, 15) is 0 Å². The normalized spacial score (nSPS) is 10.5. The molecule has 0 bridgehead atoms. The second-order valence-corrected chi connectivity index (χ2v) is 11.6. The summed E-state index contributed by atoms with van der Waals surface area (Å²) in [6.45, 7) is 4.17. The molecule has 0 N–H and O–H groups in total. The Hall–Kier alpha value is -5.54. The van der Waals surface area contributed by atoms with Gasteiger partial charge < -0.3 is 9.97 Å². The Balaban J connectivity index is 0.000000250. The Kier molecular flexibility index (Phi) is 10.6. The maximum absolute atomic E-state index is 4.83. The van der Waals surface area contributed by atoms with Crippen molar-refractivity contribution < 1.29 is 20.1 Å². The van der Waals surface area contributed by atoms with Gasteiger partial charge in [-0.25, -0.2) is 0 Å². The van der Waals surface area contributed by atoms with Crippen molar-refractivity contribution in [1.29, 1.82) is 0 Å². The van der Waals surface area contributed by atoms with Crippen LogP contribution in [0.5, 0.6) is 0 Å². The Morgan fingerprint density at radius 3 is 1.98 bits per heavy atom. The van der Waals surface area contributed by atoms with E-state index in [4.69, 9.17) is 4.98 Å². The molecule has 8 rings (SSSR count). The molecule has 4 heteroatoms. The van der Waals surface area contributed by atoms with Gasteiger partial charge in [-0.2, -0.15) is 0 Å². The molecule has 1 radical (unpaired) electrons. The topological polar surface area (TPSA) is 38.7 Å². The molecule has 0 aliphatic carbocycles. The first-order chi connectivity index (χ1) is 23.7. The number of nitrogens with zero attached hydrogens (tertiary/aromatic N) is 3. The van der Waals surface area contributed by atoms with Gasteiger partial charge in [0.15, 0.2) is 0 Å². The van der Waals surface area contributed by atoms with Crippen molar-refractivity contribution in [2.45, 2.75) is 13.8 Å². The summed E-state index contributed by atoms with van der Waals surface area (Å²) >= 11 is 0. The predicted octanol–water partition coefficient (Wildman–Crippen LogP) is 11.3. The Morgan fingerprint density at radius 1 is 0.469 bits per heavy atom. The summed E-state index contributed by atoms with van der Waals surface area (Å²) in [6, 6.07) is 56.5. The molecule has 0 fully saturated rings. The first-order valence-corrected chi connectivity index (χ1v) is 16.0. The van der Waals surface area contributed by atoms with Crippen LogP contribution < -0.4 is 0 Å². The van der Waals surface area contributed by atoms with Crippen LogP contribution in [0, 0.1) is 26.0 Å². The molecule has 0 saturated carbocycles. The van der Waals surface area contributed by atoms with Crippen LogP contribution in [0.25, 0.3) is 66.8 Å². The molecule has 0 amide bonds. The molecule has 49 heavy (non-hydrogen) atoms. The first-order valence-electron chi connectivity index (χ1n) is 16.0. The van der Waals surface area contributed by atoms with E-state index < -0.39 is 0 Å². The molecule has 0 saturated heterocycles. The molecule has 0 unspecified atom stereocenters. The van der Waals surface area contributed by atoms with E-state index >= 15 is 0 Å². The van der Waals surface area contributed by atoms with Gasteiger partial charge in [0.2, 0.25) is 0 Å². The third-order valence-corrected chi connectivity index (χ3v) is 8.30. The first kappa shape index (κ1) is 33.4. The SMILES string of the molecule is Cc1ccc(-c2ccc(-c3cc[c-]c(-c4ccccn4)c3-c3ccccc3)c3cccnc23)cc1.Cc1ccnc(-c2[c-]cccc2)c1.[Ir]. The van der Waals surface area contributed by atoms with Crippen LogP contribution >= 0.6 is 0 Å². The van der Waals surface area contributed by atoms with E-state index in [0.717, 1.165) is 61.2 Å². The fourth-order valence-corrected chi connectivity index (χ4v) is 5.95. The number of pyridine rings is 3. The third kappa shape index (κ3) is 7.47. The Labute approximate surface area is 301 Å². The quantitative estimate of drug-likeness (QED) is 0.163. The van der Waals surface area contributed by atoms with Gasteiger partial charge in [-0.05, 0) is 54.6 Å². The average Bonchev–Trinajstić information content (AvgIpc) is 3.16. The molecule has 3 heterocycles. The van der Waals surface area contributed by atoms with Crippen molar-refractivity contribution in [1.82, 2.24) is 15.0 Å². The number of benzene rings is 5. The van der Waals surface area contributed by atoms with Crippen LogP contribution in [0.15, 0.2) is 164 Å². The van der Waals surface area contributed by atoms with Crippen LogP contribution in [-0.4, -0.2) is 15.0 Å². The van der Waals surface area contributed by atoms with Gasteiger partial charge in [0.05, 0.1) is 5.52 Å². The van der Waals surface area contributed by atoms with Crippen LogP contribution in [0.2, 0.25) is 0 Å². The van der Waals surface area contributed by atoms with Crippen molar-refractivity contribution in [3.05, 3.63) is 187 Å². The molecule has 0 aliphatic heterocycles. The molecule has 3 aromatic heterocycles. The van der Waals surface area contributed by atoms with E-state index in [1.54, 1.807) is 0 Å². The van der Waals surface area contributed by atoms with Gasteiger partial charge in [0, 0.05) is 49.6 Å². The van der Waals surface area contributed by atoms with Crippen LogP contribution in [0.4, 0.5) is 0 Å². The van der Waals surface area contributed by atoms with Gasteiger partial charge in [-0.15, -0.1) is 59.7 Å². The van der Waals surface area contributed by atoms with Crippen molar-refractivity contribution >= 4 is 10.9 Å². The third-order valence-electron chi connectivity index (χ3n) is 8.30. The molecule has 0 atom stereocenters. The fourth-order valence-electron chi connectivity index (χ4n) is 5.95. The van der Waals surface area contributed by atoms with Gasteiger partial charge in [-0.1, -0.05) is 119 Å². The molecule has 5 aromatic carbocycles. The van der Waals surface area contributed by atoms with Gasteiger partial charge >= 0.3 is 0 Å². The summed E-state index contributed by atoms with van der Waals surface area (Å²) in [7, 11) is 0. The minimum atomic E-state index is 0. The standard InChI is InChI=1S/C33H23N2.C12H10N.Ir/c1-23-15-17-24(18-16-23)26-19-20-27(29-13-8-22-35-33(26)29)28-11-7-12-30(31-14-5-6-21-34-31)32(28)25-9-3-2-4-10-25;1-10-7-8-13-12(9-10)11-5-3-2-4-6-11;/h2-11,13-22H,1H3;2-5,7-9H,1H3;/q2*-1;. The number of hydrogen-bond acceptors (Lipinski definition) is 3. The number of rotatable bonds is 5. The maximum Gasteiger partial charge on any atom is 0.0785 e. The minimum Gasteiger partial charge on any atom is -0.305 e. The summed E-state index contributed by atoms with van der Waals surface area (Å²) in [5.41, 5.74) is 14.3. The summed E-state index contributed by atoms with van der Waals surface area (Å²) in [6.07, 6.45) is 5.53. The Bertz CT molecular complexity index is 2290. The van der Waals surface area contributed by atoms with E-state index in [0.29, 0.717) is 0 Å². The second-order valence-electron chi connectivity index (χ2n) is 11.6. The van der Waals surface area contributed by atoms with Crippen molar-refractivity contribution in [3.8, 4) is 55.9 Å². The largest absolute Gasteiger partial charge is 0.305 e. The molecular weight excluding hydrogens is 775 g/mol. The van der Waals surface area contributed by atoms with E-state index in [1.165, 1.54) is 16.7 Å². The number of fused-ring (bicyclic) bond motifs is 1. The van der Waals surface area contributed by atoms with Gasteiger partial charge in [0.25, 0.3) is 0 Å². The van der Waals surface area contributed by atoms with E-state index in [-0.39, 0.29) is 20.1 Å². The van der Waals surface area contributed by atoms with E-state index in [2.05, 4.69) is 115 Å². The molecule has 8 aromatic rings. The number of aromatic nitrogens is 3. The van der Waals surface area contributed by atoms with Crippen LogP contribution in [0.3, 0.4) is 0 Å². The smallest absolute Gasteiger partial charge is 0.0785 e. The van der Waals surface area contributed by atoms with Crippen LogP contribution in [0.1, 0.15) is 11.1 Å². The summed E-state index contributed by atoms with van der Waals surface area (Å²) < 4.78 is 0. The number of hydrogen-bond donors (Lipinski definition) is 0. The average molecular weight is 808 g/mol. The van der Waals surface area contributed by atoms with Crippen LogP contribution in [-0.2, 0) is 20.1 Å². The monoisotopic (exact) mass is 808 g/mol. The molecule has 0 aliphatic rings. The minimum absolute atomic E-state index is 0. The second kappa shape index (κ2) is 15.6. The zero-order valence-electron chi connectivity index (χ0n) is 27.3. The summed E-state index contributed by atoms with van der Waals surface area (Å²) in [5.74, 6) is 0. The fraction of sp³-hybridized carbons (Fsp3) is 0.0444. The predicted molar refractivity (Wildman–Crippen MR) is 198 cm³/mol. The zero-order valence-corrected chi connectivity index (χ0v) is 29.7. The molecule has 3 nitrogen and oxygen atoms in total. The molecule has 239 valence electrons. The maximum atomic E-state index is 4.83. The van der Waals surface area contributed by atoms with E-state index in [1.807, 2.05) is 85.3 Å².